The maximum atomic E-state index is 10.7. The van der Waals surface area contributed by atoms with Gasteiger partial charge in [-0.15, -0.1) is 0 Å². The van der Waals surface area contributed by atoms with E-state index >= 15 is 0 Å². The van der Waals surface area contributed by atoms with Gasteiger partial charge in [0.25, 0.3) is 5.69 Å². The van der Waals surface area contributed by atoms with Crippen molar-refractivity contribution in [2.45, 2.75) is 0 Å². The molecule has 0 aliphatic carbocycles. The second kappa shape index (κ2) is 5.76. The topological polar surface area (TPSA) is 79.6 Å². The molecule has 1 aromatic carbocycles. The summed E-state index contributed by atoms with van der Waals surface area (Å²) >= 11 is 4.79. The van der Waals surface area contributed by atoms with Gasteiger partial charge in [0.2, 0.25) is 0 Å². The van der Waals surface area contributed by atoms with E-state index in [1.54, 1.807) is 25.2 Å². The molecule has 7 heteroatoms. The number of nitrogens with zero attached hydrogens (tertiary/aromatic N) is 2. The van der Waals surface area contributed by atoms with Gasteiger partial charge in [-0.25, -0.2) is 0 Å². The van der Waals surface area contributed by atoms with Gasteiger partial charge in [0.15, 0.2) is 5.11 Å². The van der Waals surface area contributed by atoms with Gasteiger partial charge in [-0.2, -0.15) is 5.10 Å². The van der Waals surface area contributed by atoms with E-state index in [2.05, 4.69) is 15.8 Å². The van der Waals surface area contributed by atoms with Crippen molar-refractivity contribution in [1.82, 2.24) is 10.7 Å². The minimum atomic E-state index is -0.461. The summed E-state index contributed by atoms with van der Waals surface area (Å²) in [5.74, 6) is 0. The first-order chi connectivity index (χ1) is 7.65. The van der Waals surface area contributed by atoms with Crippen LogP contribution in [0.2, 0.25) is 0 Å². The lowest BCUT2D eigenvalue weighted by molar-refractivity contribution is -0.385. The van der Waals surface area contributed by atoms with Crippen molar-refractivity contribution in [3.05, 3.63) is 39.9 Å². The molecule has 0 aromatic heterocycles. The second-order valence-corrected chi connectivity index (χ2v) is 3.17. The zero-order chi connectivity index (χ0) is 12.0. The third-order valence-electron chi connectivity index (χ3n) is 1.73. The van der Waals surface area contributed by atoms with Crippen molar-refractivity contribution in [1.29, 1.82) is 0 Å². The molecule has 0 atom stereocenters. The molecular formula is C9H10N4O2S. The summed E-state index contributed by atoms with van der Waals surface area (Å²) in [6, 6.07) is 6.31. The molecule has 0 aliphatic heterocycles. The van der Waals surface area contributed by atoms with Crippen LogP contribution in [0.4, 0.5) is 5.69 Å². The van der Waals surface area contributed by atoms with Crippen LogP contribution in [-0.2, 0) is 0 Å². The Morgan fingerprint density at radius 2 is 2.25 bits per heavy atom. The fourth-order valence-corrected chi connectivity index (χ4v) is 1.03. The van der Waals surface area contributed by atoms with E-state index in [-0.39, 0.29) is 5.69 Å². The summed E-state index contributed by atoms with van der Waals surface area (Å²) in [5, 5.41) is 17.4. The number of nitrogens with one attached hydrogen (secondary N) is 2. The van der Waals surface area contributed by atoms with Crippen LogP contribution in [0.3, 0.4) is 0 Å². The second-order valence-electron chi connectivity index (χ2n) is 2.77. The van der Waals surface area contributed by atoms with E-state index in [0.717, 1.165) is 0 Å². The summed E-state index contributed by atoms with van der Waals surface area (Å²) in [6.45, 7) is 0. The van der Waals surface area contributed by atoms with Crippen molar-refractivity contribution in [3.8, 4) is 0 Å². The molecule has 0 saturated heterocycles. The molecular weight excluding hydrogens is 228 g/mol. The van der Waals surface area contributed by atoms with Gasteiger partial charge in [0.1, 0.15) is 0 Å². The van der Waals surface area contributed by atoms with Crippen LogP contribution in [0.15, 0.2) is 29.4 Å². The van der Waals surface area contributed by atoms with Gasteiger partial charge in [0, 0.05) is 13.1 Å². The van der Waals surface area contributed by atoms with Gasteiger partial charge >= 0.3 is 0 Å². The first-order valence-corrected chi connectivity index (χ1v) is 4.80. The van der Waals surface area contributed by atoms with Gasteiger partial charge in [0.05, 0.1) is 16.7 Å². The van der Waals surface area contributed by atoms with Crippen LogP contribution in [0.25, 0.3) is 0 Å². The van der Waals surface area contributed by atoms with Crippen LogP contribution in [0.5, 0.6) is 0 Å². The molecule has 0 aliphatic rings. The quantitative estimate of drug-likeness (QED) is 0.356. The van der Waals surface area contributed by atoms with Crippen LogP contribution in [0.1, 0.15) is 5.56 Å². The first kappa shape index (κ1) is 12.1. The Hall–Kier alpha value is -2.02. The number of para-hydroxylation sites is 1. The number of hydrogen-bond acceptors (Lipinski definition) is 4. The van der Waals surface area contributed by atoms with Crippen molar-refractivity contribution in [2.24, 2.45) is 5.10 Å². The van der Waals surface area contributed by atoms with E-state index in [1.807, 2.05) is 0 Å². The lowest BCUT2D eigenvalue weighted by atomic mass is 10.2. The molecule has 1 aromatic rings. The molecule has 16 heavy (non-hydrogen) atoms. The number of hydrogen-bond donors (Lipinski definition) is 2. The van der Waals surface area contributed by atoms with E-state index in [9.17, 15) is 10.1 Å². The van der Waals surface area contributed by atoms with E-state index in [4.69, 9.17) is 12.2 Å². The average molecular weight is 238 g/mol. The SMILES string of the molecule is CNC(=S)N/N=C\c1ccccc1[N+](=O)[O-]. The fraction of sp³-hybridized carbons (Fsp3) is 0.111. The molecule has 0 fully saturated rings. The van der Waals surface area contributed by atoms with Crippen molar-refractivity contribution in [3.63, 3.8) is 0 Å². The van der Waals surface area contributed by atoms with E-state index in [1.165, 1.54) is 12.3 Å². The van der Waals surface area contributed by atoms with Gasteiger partial charge < -0.3 is 5.32 Å². The Morgan fingerprint density at radius 1 is 1.56 bits per heavy atom. The average Bonchev–Trinajstić information content (AvgIpc) is 2.29. The predicted molar refractivity (Wildman–Crippen MR) is 65.5 cm³/mol. The smallest absolute Gasteiger partial charge is 0.278 e. The fourth-order valence-electron chi connectivity index (χ4n) is 0.979. The molecule has 0 unspecified atom stereocenters. The highest BCUT2D eigenvalue weighted by atomic mass is 32.1. The number of nitro benzene ring substituents is 1. The summed E-state index contributed by atoms with van der Waals surface area (Å²) in [6.07, 6.45) is 1.35. The highest BCUT2D eigenvalue weighted by Gasteiger charge is 2.09. The summed E-state index contributed by atoms with van der Waals surface area (Å²) in [4.78, 5) is 10.2. The highest BCUT2D eigenvalue weighted by Crippen LogP contribution is 2.14. The summed E-state index contributed by atoms with van der Waals surface area (Å²) in [5.41, 5.74) is 2.93. The molecule has 0 saturated carbocycles. The zero-order valence-corrected chi connectivity index (χ0v) is 9.32. The molecule has 1 rings (SSSR count). The maximum absolute atomic E-state index is 10.7. The van der Waals surface area contributed by atoms with Crippen molar-refractivity contribution in [2.75, 3.05) is 7.05 Å². The Labute approximate surface area is 97.5 Å². The minimum absolute atomic E-state index is 0.00317. The number of nitro groups is 1. The van der Waals surface area contributed by atoms with Crippen molar-refractivity contribution < 1.29 is 4.92 Å². The Morgan fingerprint density at radius 3 is 2.88 bits per heavy atom. The number of thiocarbonyl (C=S) groups is 1. The number of rotatable bonds is 3. The highest BCUT2D eigenvalue weighted by molar-refractivity contribution is 7.80. The normalized spacial score (nSPS) is 10.1. The monoisotopic (exact) mass is 238 g/mol. The van der Waals surface area contributed by atoms with Crippen LogP contribution >= 0.6 is 12.2 Å². The van der Waals surface area contributed by atoms with E-state index in [0.29, 0.717) is 10.7 Å². The largest absolute Gasteiger partial charge is 0.364 e. The summed E-state index contributed by atoms with van der Waals surface area (Å²) in [7, 11) is 1.65. The standard InChI is InChI=1S/C9H10N4O2S/c1-10-9(16)12-11-6-7-4-2-3-5-8(7)13(14)15/h2-6H,1H3,(H2,10,12,16)/b11-6-. The number of benzene rings is 1. The van der Waals surface area contributed by atoms with Crippen LogP contribution < -0.4 is 10.7 Å². The molecule has 84 valence electrons. The molecule has 0 bridgehead atoms. The lowest BCUT2D eigenvalue weighted by Crippen LogP contribution is -2.28. The first-order valence-electron chi connectivity index (χ1n) is 4.39. The molecule has 0 radical (unpaired) electrons. The zero-order valence-electron chi connectivity index (χ0n) is 8.51. The Bertz CT molecular complexity index is 433. The number of hydrazone groups is 1. The van der Waals surface area contributed by atoms with Crippen molar-refractivity contribution >= 4 is 29.2 Å². The third kappa shape index (κ3) is 3.28. The third-order valence-corrected chi connectivity index (χ3v) is 2.03. The van der Waals surface area contributed by atoms with Gasteiger partial charge in [-0.3, -0.25) is 15.5 Å². The maximum Gasteiger partial charge on any atom is 0.278 e. The van der Waals surface area contributed by atoms with Crippen LogP contribution in [0, 0.1) is 10.1 Å². The molecule has 2 N–H and O–H groups in total. The predicted octanol–water partition coefficient (Wildman–Crippen LogP) is 1.02. The molecule has 6 nitrogen and oxygen atoms in total. The molecule has 0 amide bonds. The Kier molecular flexibility index (Phi) is 4.34. The van der Waals surface area contributed by atoms with E-state index < -0.39 is 4.92 Å². The lowest BCUT2D eigenvalue weighted by Gasteiger charge is -1.99. The minimum Gasteiger partial charge on any atom is -0.364 e. The molecule has 0 heterocycles. The van der Waals surface area contributed by atoms with Gasteiger partial charge in [-0.1, -0.05) is 12.1 Å². The Balaban J connectivity index is 2.80. The molecule has 0 spiro atoms. The van der Waals surface area contributed by atoms with Gasteiger partial charge in [-0.05, 0) is 18.3 Å². The summed E-state index contributed by atoms with van der Waals surface area (Å²) < 4.78 is 0. The van der Waals surface area contributed by atoms with Crippen LogP contribution in [-0.4, -0.2) is 23.3 Å².